The number of ether oxygens (including phenoxy) is 1. The Kier molecular flexibility index (Phi) is 5.86. The van der Waals surface area contributed by atoms with Gasteiger partial charge in [0.05, 0.1) is 27.4 Å². The fourth-order valence-corrected chi connectivity index (χ4v) is 3.85. The monoisotopic (exact) mass is 455 g/mol. The predicted octanol–water partition coefficient (Wildman–Crippen LogP) is 4.43. The Hall–Kier alpha value is -3.08. The summed E-state index contributed by atoms with van der Waals surface area (Å²) in [5, 5.41) is 14.6. The van der Waals surface area contributed by atoms with Crippen LogP contribution in [0.2, 0.25) is 10.0 Å². The van der Waals surface area contributed by atoms with Gasteiger partial charge in [0.15, 0.2) is 5.82 Å². The van der Waals surface area contributed by atoms with Crippen LogP contribution in [0.15, 0.2) is 36.7 Å². The van der Waals surface area contributed by atoms with Gasteiger partial charge in [-0.25, -0.2) is 9.67 Å². The third-order valence-corrected chi connectivity index (χ3v) is 5.51. The minimum atomic E-state index is -0.277. The van der Waals surface area contributed by atoms with E-state index < -0.39 is 0 Å². The van der Waals surface area contributed by atoms with Gasteiger partial charge in [0.2, 0.25) is 0 Å². The third-order valence-electron chi connectivity index (χ3n) is 4.89. The number of aromatic nitrogens is 3. The quantitative estimate of drug-likeness (QED) is 0.580. The van der Waals surface area contributed by atoms with E-state index in [0.717, 1.165) is 11.3 Å². The molecule has 0 unspecified atom stereocenters. The van der Waals surface area contributed by atoms with Gasteiger partial charge >= 0.3 is 0 Å². The van der Waals surface area contributed by atoms with E-state index in [4.69, 9.17) is 27.9 Å². The molecule has 1 aliphatic heterocycles. The molecule has 9 heteroatoms. The number of carbonyl (C=O) groups excluding carboxylic acids is 1. The van der Waals surface area contributed by atoms with Crippen LogP contribution in [0.4, 0.5) is 0 Å². The number of nitrogens with zero attached hydrogens (tertiary/aromatic N) is 5. The lowest BCUT2D eigenvalue weighted by Gasteiger charge is -2.27. The molecule has 0 aliphatic carbocycles. The number of pyridine rings is 1. The minimum absolute atomic E-state index is 0.109. The van der Waals surface area contributed by atoms with Gasteiger partial charge in [-0.1, -0.05) is 23.2 Å². The number of rotatable bonds is 4. The molecule has 3 heterocycles. The predicted molar refractivity (Wildman–Crippen MR) is 117 cm³/mol. The highest BCUT2D eigenvalue weighted by atomic mass is 35.5. The molecular formula is C22H19Cl2N5O2. The molecule has 0 radical (unpaired) electrons. The summed E-state index contributed by atoms with van der Waals surface area (Å²) >= 11 is 12.3. The van der Waals surface area contributed by atoms with Crippen molar-refractivity contribution in [3.8, 4) is 17.6 Å². The van der Waals surface area contributed by atoms with Gasteiger partial charge in [-0.2, -0.15) is 10.4 Å². The molecule has 1 aliphatic rings. The first-order valence-electron chi connectivity index (χ1n) is 9.75. The Labute approximate surface area is 189 Å². The fourth-order valence-electron chi connectivity index (χ4n) is 3.46. The second kappa shape index (κ2) is 8.58. The number of nitriles is 1. The summed E-state index contributed by atoms with van der Waals surface area (Å²) in [6.45, 7) is 4.58. The first-order valence-corrected chi connectivity index (χ1v) is 10.5. The number of amides is 1. The molecule has 0 spiro atoms. The molecule has 0 fully saturated rings. The lowest BCUT2D eigenvalue weighted by Crippen LogP contribution is -2.36. The summed E-state index contributed by atoms with van der Waals surface area (Å²) in [6.07, 6.45) is 3.88. The average Bonchev–Trinajstić information content (AvgIpc) is 3.17. The molecule has 4 rings (SSSR count). The van der Waals surface area contributed by atoms with Crippen molar-refractivity contribution in [2.45, 2.75) is 32.9 Å². The second-order valence-electron chi connectivity index (χ2n) is 7.44. The van der Waals surface area contributed by atoms with Gasteiger partial charge in [-0.05, 0) is 38.1 Å². The van der Waals surface area contributed by atoms with Crippen LogP contribution in [0.25, 0.3) is 5.82 Å². The molecular weight excluding hydrogens is 437 g/mol. The van der Waals surface area contributed by atoms with Crippen molar-refractivity contribution in [1.29, 1.82) is 5.26 Å². The van der Waals surface area contributed by atoms with Crippen molar-refractivity contribution >= 4 is 29.1 Å². The smallest absolute Gasteiger partial charge is 0.259 e. The molecule has 3 aromatic rings. The highest BCUT2D eigenvalue weighted by Crippen LogP contribution is 2.33. The number of carbonyl (C=O) groups is 1. The van der Waals surface area contributed by atoms with Crippen LogP contribution in [0.5, 0.6) is 5.75 Å². The summed E-state index contributed by atoms with van der Waals surface area (Å²) in [4.78, 5) is 19.4. The zero-order valence-electron chi connectivity index (χ0n) is 17.0. The van der Waals surface area contributed by atoms with Gasteiger partial charge in [0.1, 0.15) is 17.4 Å². The van der Waals surface area contributed by atoms with Crippen LogP contribution in [0, 0.1) is 11.3 Å². The van der Waals surface area contributed by atoms with Crippen LogP contribution >= 0.6 is 23.2 Å². The van der Waals surface area contributed by atoms with E-state index in [1.165, 1.54) is 0 Å². The van der Waals surface area contributed by atoms with Crippen LogP contribution < -0.4 is 4.74 Å². The number of hydrogen-bond acceptors (Lipinski definition) is 5. The van der Waals surface area contributed by atoms with E-state index >= 15 is 0 Å². The maximum atomic E-state index is 13.4. The van der Waals surface area contributed by atoms with Crippen LogP contribution in [-0.4, -0.2) is 38.2 Å². The van der Waals surface area contributed by atoms with Gasteiger partial charge in [0.25, 0.3) is 5.91 Å². The SMILES string of the molecule is CC(C)Oc1ccc(C#N)c(Cl)c1C(=O)N1CCc2nn(-c3ccc(Cl)cn3)cc2C1. The Bertz CT molecular complexity index is 1180. The van der Waals surface area contributed by atoms with Crippen molar-refractivity contribution in [3.05, 3.63) is 69.1 Å². The molecule has 0 bridgehead atoms. The first kappa shape index (κ1) is 21.2. The zero-order valence-corrected chi connectivity index (χ0v) is 18.5. The largest absolute Gasteiger partial charge is 0.490 e. The molecule has 0 saturated heterocycles. The Morgan fingerprint density at radius 3 is 2.74 bits per heavy atom. The molecule has 1 amide bonds. The molecule has 31 heavy (non-hydrogen) atoms. The topological polar surface area (TPSA) is 84.0 Å². The van der Waals surface area contributed by atoms with Crippen molar-refractivity contribution < 1.29 is 9.53 Å². The van der Waals surface area contributed by atoms with Crippen LogP contribution in [0.3, 0.4) is 0 Å². The maximum absolute atomic E-state index is 13.4. The lowest BCUT2D eigenvalue weighted by molar-refractivity contribution is 0.0728. The van der Waals surface area contributed by atoms with Gasteiger partial charge in [-0.3, -0.25) is 4.79 Å². The summed E-state index contributed by atoms with van der Waals surface area (Å²) < 4.78 is 7.49. The number of fused-ring (bicyclic) bond motifs is 1. The molecule has 2 aromatic heterocycles. The van der Waals surface area contributed by atoms with E-state index in [9.17, 15) is 10.1 Å². The lowest BCUT2D eigenvalue weighted by atomic mass is 10.0. The van der Waals surface area contributed by atoms with Gasteiger partial charge in [0, 0.05) is 37.5 Å². The molecule has 1 aromatic carbocycles. The van der Waals surface area contributed by atoms with Crippen molar-refractivity contribution in [2.24, 2.45) is 0 Å². The molecule has 0 atom stereocenters. The van der Waals surface area contributed by atoms with Crippen molar-refractivity contribution in [3.63, 3.8) is 0 Å². The number of halogens is 2. The zero-order chi connectivity index (χ0) is 22.1. The molecule has 0 N–H and O–H groups in total. The van der Waals surface area contributed by atoms with E-state index in [1.54, 1.807) is 40.0 Å². The van der Waals surface area contributed by atoms with E-state index in [0.29, 0.717) is 36.1 Å². The third kappa shape index (κ3) is 4.22. The normalized spacial score (nSPS) is 13.1. The summed E-state index contributed by atoms with van der Waals surface area (Å²) in [5.74, 6) is 0.741. The van der Waals surface area contributed by atoms with E-state index in [2.05, 4.69) is 10.1 Å². The van der Waals surface area contributed by atoms with Crippen LogP contribution in [0.1, 0.15) is 41.0 Å². The van der Waals surface area contributed by atoms with Gasteiger partial charge < -0.3 is 9.64 Å². The molecule has 158 valence electrons. The van der Waals surface area contributed by atoms with E-state index in [-0.39, 0.29) is 28.2 Å². The van der Waals surface area contributed by atoms with Crippen molar-refractivity contribution in [2.75, 3.05) is 6.54 Å². The summed E-state index contributed by atoms with van der Waals surface area (Å²) in [5.41, 5.74) is 2.29. The maximum Gasteiger partial charge on any atom is 0.259 e. The Morgan fingerprint density at radius 1 is 1.26 bits per heavy atom. The fraction of sp³-hybridized carbons (Fsp3) is 0.273. The second-order valence-corrected chi connectivity index (χ2v) is 8.25. The summed E-state index contributed by atoms with van der Waals surface area (Å²) in [6, 6.07) is 8.75. The average molecular weight is 456 g/mol. The number of hydrogen-bond donors (Lipinski definition) is 0. The Balaban J connectivity index is 1.64. The minimum Gasteiger partial charge on any atom is -0.490 e. The molecule has 0 saturated carbocycles. The van der Waals surface area contributed by atoms with Crippen molar-refractivity contribution in [1.82, 2.24) is 19.7 Å². The highest BCUT2D eigenvalue weighted by Gasteiger charge is 2.29. The summed E-state index contributed by atoms with van der Waals surface area (Å²) in [7, 11) is 0. The first-order chi connectivity index (χ1) is 14.9. The highest BCUT2D eigenvalue weighted by molar-refractivity contribution is 6.35. The standard InChI is InChI=1S/C22H19Cl2N5O2/c1-13(2)31-18-5-3-14(9-25)21(24)20(18)22(30)28-8-7-17-15(11-28)12-29(27-17)19-6-4-16(23)10-26-19/h3-6,10,12-13H,7-8,11H2,1-2H3. The number of benzene rings is 1. The van der Waals surface area contributed by atoms with Gasteiger partial charge in [-0.15, -0.1) is 0 Å². The molecule has 7 nitrogen and oxygen atoms in total. The Morgan fingerprint density at radius 2 is 2.06 bits per heavy atom. The van der Waals surface area contributed by atoms with Crippen LogP contribution in [-0.2, 0) is 13.0 Å². The van der Waals surface area contributed by atoms with E-state index in [1.807, 2.05) is 26.1 Å².